The Morgan fingerprint density at radius 1 is 1.36 bits per heavy atom. The molecular formula is C19H21BrFNO5S. The maximum Gasteiger partial charge on any atom is 0.264 e. The lowest BCUT2D eigenvalue weighted by Gasteiger charge is -2.31. The van der Waals surface area contributed by atoms with Crippen molar-refractivity contribution in [1.82, 2.24) is 4.90 Å². The highest BCUT2D eigenvalue weighted by atomic mass is 79.9. The van der Waals surface area contributed by atoms with Gasteiger partial charge in [0.1, 0.15) is 5.76 Å². The highest BCUT2D eigenvalue weighted by Gasteiger charge is 2.38. The molecule has 2 aromatic rings. The molecule has 0 aliphatic carbocycles. The van der Waals surface area contributed by atoms with Crippen LogP contribution >= 0.6 is 15.9 Å². The van der Waals surface area contributed by atoms with E-state index in [9.17, 15) is 17.6 Å². The molecule has 28 heavy (non-hydrogen) atoms. The van der Waals surface area contributed by atoms with Crippen molar-refractivity contribution in [2.24, 2.45) is 0 Å². The fraction of sp³-hybridized carbons (Fsp3) is 0.421. The number of furan rings is 1. The summed E-state index contributed by atoms with van der Waals surface area (Å²) >= 11 is 3.22. The molecule has 2 heterocycles. The molecule has 1 aromatic heterocycles. The van der Waals surface area contributed by atoms with Gasteiger partial charge < -0.3 is 14.1 Å². The van der Waals surface area contributed by atoms with Gasteiger partial charge in [-0.1, -0.05) is 19.1 Å². The van der Waals surface area contributed by atoms with E-state index in [1.54, 1.807) is 25.1 Å². The molecule has 0 saturated carbocycles. The topological polar surface area (TPSA) is 76.8 Å². The first-order valence-corrected chi connectivity index (χ1v) is 11.6. The summed E-state index contributed by atoms with van der Waals surface area (Å²) in [7, 11) is -3.19. The lowest BCUT2D eigenvalue weighted by molar-refractivity contribution is -0.142. The van der Waals surface area contributed by atoms with Crippen LogP contribution in [-0.4, -0.2) is 42.9 Å². The number of carbonyl (C=O) groups excluding carboxylic acids is 1. The van der Waals surface area contributed by atoms with E-state index in [0.29, 0.717) is 23.3 Å². The first kappa shape index (κ1) is 20.9. The van der Waals surface area contributed by atoms with Crippen LogP contribution in [0.3, 0.4) is 0 Å². The van der Waals surface area contributed by atoms with Gasteiger partial charge in [-0.05, 0) is 53.0 Å². The molecule has 3 rings (SSSR count). The second-order valence-electron chi connectivity index (χ2n) is 6.67. The predicted molar refractivity (Wildman–Crippen MR) is 105 cm³/mol. The van der Waals surface area contributed by atoms with Crippen LogP contribution in [0.1, 0.15) is 25.5 Å². The second kappa shape index (κ2) is 8.65. The van der Waals surface area contributed by atoms with Crippen molar-refractivity contribution < 1.29 is 26.8 Å². The molecule has 1 fully saturated rings. The third-order valence-corrected chi connectivity index (χ3v) is 6.82. The normalized spacial score (nSPS) is 19.3. The number of amides is 1. The number of ether oxygens (including phenoxy) is 1. The minimum Gasteiger partial charge on any atom is -0.478 e. The molecule has 2 unspecified atom stereocenters. The molecule has 9 heteroatoms. The number of sulfone groups is 1. The number of rotatable bonds is 7. The molecule has 1 aliphatic rings. The fourth-order valence-electron chi connectivity index (χ4n) is 3.20. The van der Waals surface area contributed by atoms with E-state index in [-0.39, 0.29) is 29.7 Å². The second-order valence-corrected chi connectivity index (χ2v) is 9.68. The lowest BCUT2D eigenvalue weighted by atomic mass is 10.1. The zero-order valence-electron chi connectivity index (χ0n) is 15.3. The molecule has 1 aliphatic heterocycles. The van der Waals surface area contributed by atoms with Crippen molar-refractivity contribution >= 4 is 31.7 Å². The quantitative estimate of drug-likeness (QED) is 0.614. The lowest BCUT2D eigenvalue weighted by Crippen LogP contribution is -2.47. The van der Waals surface area contributed by atoms with E-state index in [2.05, 4.69) is 15.9 Å². The van der Waals surface area contributed by atoms with Gasteiger partial charge in [0.15, 0.2) is 32.2 Å². The van der Waals surface area contributed by atoms with Crippen LogP contribution < -0.4 is 4.74 Å². The number of nitrogens with zero attached hydrogens (tertiary/aromatic N) is 1. The van der Waals surface area contributed by atoms with Gasteiger partial charge in [0.25, 0.3) is 5.91 Å². The Bertz CT molecular complexity index is 945. The van der Waals surface area contributed by atoms with Crippen LogP contribution in [0.2, 0.25) is 0 Å². The molecule has 152 valence electrons. The van der Waals surface area contributed by atoms with Crippen molar-refractivity contribution in [3.8, 4) is 5.75 Å². The molecule has 6 nitrogen and oxygen atoms in total. The van der Waals surface area contributed by atoms with Crippen molar-refractivity contribution in [3.63, 3.8) is 0 Å². The van der Waals surface area contributed by atoms with Gasteiger partial charge in [0.2, 0.25) is 0 Å². The summed E-state index contributed by atoms with van der Waals surface area (Å²) in [5, 5.41) is 0. The molecular weight excluding hydrogens is 453 g/mol. The van der Waals surface area contributed by atoms with Crippen molar-refractivity contribution in [1.29, 1.82) is 0 Å². The maximum absolute atomic E-state index is 14.0. The average molecular weight is 474 g/mol. The number of carbonyl (C=O) groups is 1. The smallest absolute Gasteiger partial charge is 0.264 e. The van der Waals surface area contributed by atoms with Crippen LogP contribution in [0.25, 0.3) is 0 Å². The third kappa shape index (κ3) is 4.94. The fourth-order valence-corrected chi connectivity index (χ4v) is 5.27. The number of benzene rings is 1. The first-order valence-electron chi connectivity index (χ1n) is 8.95. The summed E-state index contributed by atoms with van der Waals surface area (Å²) in [5.74, 6) is -0.503. The summed E-state index contributed by atoms with van der Waals surface area (Å²) in [5.41, 5.74) is 0. The van der Waals surface area contributed by atoms with Crippen LogP contribution in [0.4, 0.5) is 4.39 Å². The van der Waals surface area contributed by atoms with Gasteiger partial charge in [0, 0.05) is 6.04 Å². The largest absolute Gasteiger partial charge is 0.478 e. The summed E-state index contributed by atoms with van der Waals surface area (Å²) in [6.45, 7) is 1.87. The third-order valence-electron chi connectivity index (χ3n) is 4.64. The number of halogens is 2. The predicted octanol–water partition coefficient (Wildman–Crippen LogP) is 3.55. The van der Waals surface area contributed by atoms with Crippen LogP contribution in [0.5, 0.6) is 5.75 Å². The molecule has 1 amide bonds. The van der Waals surface area contributed by atoms with Crippen LogP contribution in [-0.2, 0) is 21.2 Å². The van der Waals surface area contributed by atoms with Crippen LogP contribution in [0.15, 0.2) is 45.5 Å². The molecule has 1 aromatic carbocycles. The Balaban J connectivity index is 1.84. The average Bonchev–Trinajstić information content (AvgIpc) is 3.23. The highest BCUT2D eigenvalue weighted by molar-refractivity contribution is 9.10. The van der Waals surface area contributed by atoms with E-state index in [4.69, 9.17) is 9.15 Å². The SMILES string of the molecule is CCC(Oc1ccccc1F)C(=O)N(Cc1ccc(Br)o1)C1CCS(=O)(=O)C1. The van der Waals surface area contributed by atoms with Gasteiger partial charge in [-0.15, -0.1) is 0 Å². The molecule has 2 atom stereocenters. The Morgan fingerprint density at radius 2 is 2.11 bits per heavy atom. The Morgan fingerprint density at radius 3 is 2.68 bits per heavy atom. The number of hydrogen-bond acceptors (Lipinski definition) is 5. The van der Waals surface area contributed by atoms with Crippen molar-refractivity contribution in [2.45, 2.75) is 38.5 Å². The number of hydrogen-bond donors (Lipinski definition) is 0. The summed E-state index contributed by atoms with van der Waals surface area (Å²) in [4.78, 5) is 14.7. The summed E-state index contributed by atoms with van der Waals surface area (Å²) in [6.07, 6.45) is -0.268. The monoisotopic (exact) mass is 473 g/mol. The minimum absolute atomic E-state index is 0.0116. The van der Waals surface area contributed by atoms with Gasteiger partial charge in [-0.2, -0.15) is 0 Å². The van der Waals surface area contributed by atoms with E-state index >= 15 is 0 Å². The van der Waals surface area contributed by atoms with E-state index in [1.165, 1.54) is 23.1 Å². The Hall–Kier alpha value is -1.87. The van der Waals surface area contributed by atoms with E-state index < -0.39 is 27.8 Å². The standard InChI is InChI=1S/C19H21BrFNO5S/c1-2-16(27-17-6-4-3-5-15(17)21)19(23)22(11-14-7-8-18(20)26-14)13-9-10-28(24,25)12-13/h3-8,13,16H,2,9-12H2,1H3. The van der Waals surface area contributed by atoms with Gasteiger partial charge in [-0.25, -0.2) is 12.8 Å². The van der Waals surface area contributed by atoms with Gasteiger partial charge in [0.05, 0.1) is 18.1 Å². The Kier molecular flexibility index (Phi) is 6.44. The highest BCUT2D eigenvalue weighted by Crippen LogP contribution is 2.25. The van der Waals surface area contributed by atoms with Crippen molar-refractivity contribution in [2.75, 3.05) is 11.5 Å². The zero-order valence-corrected chi connectivity index (χ0v) is 17.7. The molecule has 1 saturated heterocycles. The molecule has 0 bridgehead atoms. The molecule has 0 spiro atoms. The molecule has 0 radical (unpaired) electrons. The summed E-state index contributed by atoms with van der Waals surface area (Å²) in [6, 6.07) is 8.82. The van der Waals surface area contributed by atoms with E-state index in [1.807, 2.05) is 0 Å². The Labute approximate surface area is 171 Å². The van der Waals surface area contributed by atoms with Gasteiger partial charge >= 0.3 is 0 Å². The minimum atomic E-state index is -3.19. The van der Waals surface area contributed by atoms with Gasteiger partial charge in [-0.3, -0.25) is 4.79 Å². The zero-order chi connectivity index (χ0) is 20.3. The summed E-state index contributed by atoms with van der Waals surface area (Å²) < 4.78 is 49.5. The molecule has 0 N–H and O–H groups in total. The number of para-hydroxylation sites is 1. The maximum atomic E-state index is 14.0. The van der Waals surface area contributed by atoms with Crippen molar-refractivity contribution in [3.05, 3.63) is 52.6 Å². The van der Waals surface area contributed by atoms with Crippen LogP contribution in [0, 0.1) is 5.82 Å². The first-order chi connectivity index (χ1) is 13.3. The van der Waals surface area contributed by atoms with E-state index in [0.717, 1.165) is 0 Å².